The molecule has 9 rings (SSSR count). The molecule has 0 radical (unpaired) electrons. The molecule has 5 aromatic carbocycles. The molecule has 0 saturated heterocycles. The van der Waals surface area contributed by atoms with Crippen LogP contribution in [0.4, 0.5) is 11.4 Å². The highest BCUT2D eigenvalue weighted by atomic mass is 16.5. The number of nitrogens with zero attached hydrogens (tertiary/aromatic N) is 5. The molecule has 4 heterocycles. The fraction of sp³-hybridized carbons (Fsp3) is 0.200. The standard InChI is InChI=1S/C45H41N5O/c1-44(2,3)29-21-22-46-42(25-29)50-39-17-11-7-13-34(39)35-20-19-32(27-41(35)50)51-33-24-30(45(4,5)6)23-31(26-33)48-28-49-40-18-12-9-15-37(40)47-43(49)36-14-8-10-16-38(36)48/h7-27H,28H2,1-6H3/i7D,11D,13D,17D. The minimum absolute atomic E-state index is 0.0847. The van der Waals surface area contributed by atoms with Crippen LogP contribution in [0.3, 0.4) is 0 Å². The van der Waals surface area contributed by atoms with Crippen molar-refractivity contribution in [2.75, 3.05) is 4.90 Å². The first-order valence-corrected chi connectivity index (χ1v) is 17.4. The Morgan fingerprint density at radius 2 is 1.47 bits per heavy atom. The number of rotatable bonds is 4. The largest absolute Gasteiger partial charge is 0.457 e. The Kier molecular flexibility index (Phi) is 5.98. The van der Waals surface area contributed by atoms with Crippen LogP contribution < -0.4 is 9.64 Å². The zero-order chi connectivity index (χ0) is 38.6. The van der Waals surface area contributed by atoms with Crippen molar-refractivity contribution in [2.24, 2.45) is 0 Å². The van der Waals surface area contributed by atoms with E-state index in [0.717, 1.165) is 44.9 Å². The van der Waals surface area contributed by atoms with E-state index in [4.69, 9.17) is 20.2 Å². The molecule has 8 aromatic rings. The number of pyridine rings is 1. The molecule has 0 unspecified atom stereocenters. The van der Waals surface area contributed by atoms with Crippen molar-refractivity contribution < 1.29 is 10.2 Å². The van der Waals surface area contributed by atoms with Gasteiger partial charge in [0, 0.05) is 40.4 Å². The maximum atomic E-state index is 9.01. The van der Waals surface area contributed by atoms with Crippen LogP contribution in [0.15, 0.2) is 127 Å². The molecule has 0 fully saturated rings. The van der Waals surface area contributed by atoms with Crippen LogP contribution in [0.25, 0.3) is 50.0 Å². The van der Waals surface area contributed by atoms with Crippen LogP contribution in [0.2, 0.25) is 0 Å². The van der Waals surface area contributed by atoms with Gasteiger partial charge >= 0.3 is 0 Å². The maximum absolute atomic E-state index is 9.01. The molecular weight excluding hydrogens is 627 g/mol. The highest BCUT2D eigenvalue weighted by Gasteiger charge is 2.28. The van der Waals surface area contributed by atoms with Crippen molar-refractivity contribution in [3.8, 4) is 28.7 Å². The average Bonchev–Trinajstić information content (AvgIpc) is 3.71. The molecule has 0 N–H and O–H groups in total. The van der Waals surface area contributed by atoms with Gasteiger partial charge in [-0.1, -0.05) is 83.9 Å². The van der Waals surface area contributed by atoms with E-state index in [1.165, 1.54) is 0 Å². The summed E-state index contributed by atoms with van der Waals surface area (Å²) in [5, 5.41) is 1.14. The van der Waals surface area contributed by atoms with E-state index in [0.29, 0.717) is 45.8 Å². The summed E-state index contributed by atoms with van der Waals surface area (Å²) < 4.78 is 45.9. The van der Waals surface area contributed by atoms with E-state index < -0.39 is 0 Å². The van der Waals surface area contributed by atoms with Crippen LogP contribution in [-0.2, 0) is 17.5 Å². The van der Waals surface area contributed by atoms with E-state index >= 15 is 0 Å². The van der Waals surface area contributed by atoms with E-state index in [-0.39, 0.29) is 35.0 Å². The van der Waals surface area contributed by atoms with Crippen molar-refractivity contribution in [2.45, 2.75) is 59.0 Å². The van der Waals surface area contributed by atoms with Crippen molar-refractivity contribution in [1.29, 1.82) is 0 Å². The Hall–Kier alpha value is -5.88. The quantitative estimate of drug-likeness (QED) is 0.187. The SMILES string of the molecule is [2H]c1c([2H])c([2H])c2c(c1[2H])c1ccc(Oc3cc(N4Cn5c(nc6ccccc65)-c5ccccc54)cc(C(C)(C)C)c3)cc1n2-c1cc(C(C)(C)C)ccn1. The number of aromatic nitrogens is 4. The highest BCUT2D eigenvalue weighted by molar-refractivity contribution is 6.09. The lowest BCUT2D eigenvalue weighted by Crippen LogP contribution is -2.26. The van der Waals surface area contributed by atoms with Gasteiger partial charge in [0.15, 0.2) is 0 Å². The monoisotopic (exact) mass is 671 g/mol. The normalized spacial score (nSPS) is 14.3. The lowest BCUT2D eigenvalue weighted by atomic mass is 9.86. The zero-order valence-corrected chi connectivity index (χ0v) is 29.7. The summed E-state index contributed by atoms with van der Waals surface area (Å²) in [6, 6.07) is 31.9. The molecule has 0 amide bonds. The maximum Gasteiger partial charge on any atom is 0.144 e. The summed E-state index contributed by atoms with van der Waals surface area (Å²) in [5.74, 6) is 2.75. The van der Waals surface area contributed by atoms with Crippen molar-refractivity contribution in [3.63, 3.8) is 0 Å². The van der Waals surface area contributed by atoms with E-state index in [9.17, 15) is 0 Å². The molecule has 6 nitrogen and oxygen atoms in total. The minimum atomic E-state index is -0.286. The van der Waals surface area contributed by atoms with Gasteiger partial charge in [0.05, 0.1) is 33.2 Å². The Labute approximate surface area is 304 Å². The topological polar surface area (TPSA) is 48.1 Å². The second kappa shape index (κ2) is 11.3. The zero-order valence-electron chi connectivity index (χ0n) is 33.7. The molecule has 1 aliphatic heterocycles. The smallest absolute Gasteiger partial charge is 0.144 e. The first kappa shape index (κ1) is 26.9. The fourth-order valence-corrected chi connectivity index (χ4v) is 7.13. The second-order valence-electron chi connectivity index (χ2n) is 15.4. The van der Waals surface area contributed by atoms with Crippen LogP contribution in [0, 0.1) is 0 Å². The number of hydrogen-bond donors (Lipinski definition) is 0. The number of fused-ring (bicyclic) bond motifs is 8. The molecule has 6 heteroatoms. The molecule has 51 heavy (non-hydrogen) atoms. The van der Waals surface area contributed by atoms with Crippen LogP contribution >= 0.6 is 0 Å². The van der Waals surface area contributed by atoms with E-state index in [1.807, 2.05) is 41.0 Å². The van der Waals surface area contributed by atoms with Gasteiger partial charge in [-0.2, -0.15) is 0 Å². The first-order chi connectivity index (χ1) is 26.2. The van der Waals surface area contributed by atoms with Gasteiger partial charge in [0.2, 0.25) is 0 Å². The Morgan fingerprint density at radius 3 is 2.31 bits per heavy atom. The third-order valence-electron chi connectivity index (χ3n) is 9.89. The first-order valence-electron chi connectivity index (χ1n) is 19.4. The molecule has 0 saturated carbocycles. The Balaban J connectivity index is 1.21. The van der Waals surface area contributed by atoms with Gasteiger partial charge < -0.3 is 14.2 Å². The molecule has 0 aliphatic carbocycles. The number of hydrogen-bond acceptors (Lipinski definition) is 4. The third kappa shape index (κ3) is 5.25. The Bertz CT molecular complexity index is 2860. The molecule has 252 valence electrons. The fourth-order valence-electron chi connectivity index (χ4n) is 7.13. The van der Waals surface area contributed by atoms with Gasteiger partial charge in [-0.25, -0.2) is 9.97 Å². The summed E-state index contributed by atoms with van der Waals surface area (Å²) in [7, 11) is 0. The van der Waals surface area contributed by atoms with Crippen LogP contribution in [-0.4, -0.2) is 19.1 Å². The Morgan fingerprint density at radius 1 is 0.686 bits per heavy atom. The summed E-state index contributed by atoms with van der Waals surface area (Å²) in [6.07, 6.45) is 1.76. The number of benzene rings is 5. The lowest BCUT2D eigenvalue weighted by Gasteiger charge is -2.33. The number of para-hydroxylation sites is 4. The molecule has 1 aliphatic rings. The van der Waals surface area contributed by atoms with Crippen molar-refractivity contribution >= 4 is 44.2 Å². The molecule has 3 aromatic heterocycles. The summed E-state index contributed by atoms with van der Waals surface area (Å²) >= 11 is 0. The van der Waals surface area contributed by atoms with Crippen LogP contribution in [0.5, 0.6) is 11.5 Å². The van der Waals surface area contributed by atoms with Gasteiger partial charge in [-0.05, 0) is 88.7 Å². The minimum Gasteiger partial charge on any atom is -0.457 e. The predicted octanol–water partition coefficient (Wildman–Crippen LogP) is 11.7. The van der Waals surface area contributed by atoms with Gasteiger partial charge in [-0.15, -0.1) is 0 Å². The number of ether oxygens (including phenoxy) is 1. The summed E-state index contributed by atoms with van der Waals surface area (Å²) in [4.78, 5) is 12.1. The van der Waals surface area contributed by atoms with Crippen molar-refractivity contribution in [3.05, 3.63) is 139 Å². The number of anilines is 2. The van der Waals surface area contributed by atoms with Gasteiger partial charge in [0.1, 0.15) is 29.8 Å². The van der Waals surface area contributed by atoms with Crippen LogP contribution in [0.1, 0.15) is 58.2 Å². The highest BCUT2D eigenvalue weighted by Crippen LogP contribution is 2.44. The van der Waals surface area contributed by atoms with Gasteiger partial charge in [0.25, 0.3) is 0 Å². The molecule has 0 bridgehead atoms. The van der Waals surface area contributed by atoms with Gasteiger partial charge in [-0.3, -0.25) is 4.57 Å². The van der Waals surface area contributed by atoms with Crippen molar-refractivity contribution in [1.82, 2.24) is 19.1 Å². The third-order valence-corrected chi connectivity index (χ3v) is 9.89. The summed E-state index contributed by atoms with van der Waals surface area (Å²) in [5.41, 5.74) is 8.02. The molecule has 0 atom stereocenters. The second-order valence-corrected chi connectivity index (χ2v) is 15.4. The lowest BCUT2D eigenvalue weighted by molar-refractivity contribution is 0.479. The van der Waals surface area contributed by atoms with E-state index in [1.54, 1.807) is 6.20 Å². The van der Waals surface area contributed by atoms with E-state index in [2.05, 4.69) is 112 Å². The number of imidazole rings is 1. The predicted molar refractivity (Wildman–Crippen MR) is 210 cm³/mol. The summed E-state index contributed by atoms with van der Waals surface area (Å²) in [6.45, 7) is 13.6. The molecular formula is C45H41N5O. The molecule has 0 spiro atoms. The average molecular weight is 672 g/mol.